The highest BCUT2D eigenvalue weighted by atomic mass is 35.5. The molecule has 4 nitrogen and oxygen atoms in total. The molecule has 24 heavy (non-hydrogen) atoms. The van der Waals surface area contributed by atoms with E-state index in [0.717, 1.165) is 12.1 Å². The molecule has 0 aliphatic carbocycles. The van der Waals surface area contributed by atoms with E-state index in [1.54, 1.807) is 18.2 Å². The second-order valence-corrected chi connectivity index (χ2v) is 5.71. The molecule has 126 valence electrons. The van der Waals surface area contributed by atoms with Gasteiger partial charge in [-0.3, -0.25) is 4.79 Å². The van der Waals surface area contributed by atoms with Crippen LogP contribution < -0.4 is 5.32 Å². The summed E-state index contributed by atoms with van der Waals surface area (Å²) in [5, 5.41) is 12.0. The molecule has 0 unspecified atom stereocenters. The minimum absolute atomic E-state index is 0.163. The third-order valence-corrected chi connectivity index (χ3v) is 3.96. The van der Waals surface area contributed by atoms with Gasteiger partial charge in [-0.15, -0.1) is 0 Å². The lowest BCUT2D eigenvalue weighted by atomic mass is 10.0. The van der Waals surface area contributed by atoms with E-state index in [1.807, 2.05) is 0 Å². The number of aliphatic carboxylic acids is 1. The Hall–Kier alpha value is -2.18. The first kappa shape index (κ1) is 18.2. The maximum absolute atomic E-state index is 13.2. The van der Waals surface area contributed by atoms with Crippen molar-refractivity contribution < 1.29 is 23.5 Å². The summed E-state index contributed by atoms with van der Waals surface area (Å²) in [5.74, 6) is -4.49. The zero-order valence-electron chi connectivity index (χ0n) is 12.0. The summed E-state index contributed by atoms with van der Waals surface area (Å²) in [6.45, 7) is 0. The Labute approximate surface area is 146 Å². The molecule has 0 spiro atoms. The summed E-state index contributed by atoms with van der Waals surface area (Å²) in [6.07, 6.45) is -0.163. The van der Waals surface area contributed by atoms with Gasteiger partial charge >= 0.3 is 5.97 Å². The third kappa shape index (κ3) is 4.21. The van der Waals surface area contributed by atoms with E-state index < -0.39 is 29.6 Å². The van der Waals surface area contributed by atoms with Gasteiger partial charge in [0.25, 0.3) is 5.91 Å². The fourth-order valence-corrected chi connectivity index (χ4v) is 2.56. The SMILES string of the molecule is O=C(N[C@H](Cc1c(Cl)cccc1Cl)C(=O)O)c1ccc(F)c(F)c1. The first-order chi connectivity index (χ1) is 11.3. The number of hydrogen-bond acceptors (Lipinski definition) is 2. The Morgan fingerprint density at radius 3 is 2.25 bits per heavy atom. The van der Waals surface area contributed by atoms with Crippen LogP contribution in [0.1, 0.15) is 15.9 Å². The molecule has 2 N–H and O–H groups in total. The normalized spacial score (nSPS) is 11.8. The van der Waals surface area contributed by atoms with Crippen molar-refractivity contribution in [3.8, 4) is 0 Å². The molecule has 2 aromatic carbocycles. The van der Waals surface area contributed by atoms with Crippen molar-refractivity contribution in [3.63, 3.8) is 0 Å². The van der Waals surface area contributed by atoms with Crippen molar-refractivity contribution >= 4 is 35.1 Å². The third-order valence-electron chi connectivity index (χ3n) is 3.26. The summed E-state index contributed by atoms with van der Waals surface area (Å²) >= 11 is 12.0. The Morgan fingerprint density at radius 2 is 1.71 bits per heavy atom. The van der Waals surface area contributed by atoms with E-state index in [1.165, 1.54) is 0 Å². The maximum atomic E-state index is 13.2. The topological polar surface area (TPSA) is 66.4 Å². The lowest BCUT2D eigenvalue weighted by molar-refractivity contribution is -0.139. The summed E-state index contributed by atoms with van der Waals surface area (Å²) in [7, 11) is 0. The molecule has 2 aromatic rings. The van der Waals surface area contributed by atoms with Crippen LogP contribution in [0.3, 0.4) is 0 Å². The number of hydrogen-bond donors (Lipinski definition) is 2. The van der Waals surface area contributed by atoms with Crippen molar-refractivity contribution in [1.82, 2.24) is 5.32 Å². The Kier molecular flexibility index (Phi) is 5.75. The van der Waals surface area contributed by atoms with E-state index in [9.17, 15) is 23.5 Å². The van der Waals surface area contributed by atoms with Crippen LogP contribution in [0.25, 0.3) is 0 Å². The van der Waals surface area contributed by atoms with E-state index in [4.69, 9.17) is 23.2 Å². The van der Waals surface area contributed by atoms with Gasteiger partial charge in [-0.25, -0.2) is 13.6 Å². The fourth-order valence-electron chi connectivity index (χ4n) is 2.01. The van der Waals surface area contributed by atoms with E-state index in [-0.39, 0.29) is 22.0 Å². The minimum atomic E-state index is -1.34. The molecule has 0 aromatic heterocycles. The average Bonchev–Trinajstić information content (AvgIpc) is 2.52. The van der Waals surface area contributed by atoms with Gasteiger partial charge in [0.1, 0.15) is 6.04 Å². The van der Waals surface area contributed by atoms with Gasteiger partial charge in [0.2, 0.25) is 0 Å². The predicted octanol–water partition coefficient (Wildman–Crippen LogP) is 3.70. The van der Waals surface area contributed by atoms with Crippen molar-refractivity contribution in [2.24, 2.45) is 0 Å². The molecule has 2 rings (SSSR count). The highest BCUT2D eigenvalue weighted by Gasteiger charge is 2.23. The van der Waals surface area contributed by atoms with Gasteiger partial charge in [-0.05, 0) is 35.9 Å². The van der Waals surface area contributed by atoms with Gasteiger partial charge in [0.15, 0.2) is 11.6 Å². The number of carbonyl (C=O) groups excluding carboxylic acids is 1. The molecule has 0 radical (unpaired) electrons. The molecular weight excluding hydrogens is 363 g/mol. The van der Waals surface area contributed by atoms with Crippen LogP contribution in [-0.4, -0.2) is 23.0 Å². The summed E-state index contributed by atoms with van der Waals surface area (Å²) in [5.41, 5.74) is 0.157. The van der Waals surface area contributed by atoms with E-state index in [0.29, 0.717) is 11.6 Å². The molecule has 0 aliphatic rings. The Balaban J connectivity index is 2.21. The van der Waals surface area contributed by atoms with Gasteiger partial charge < -0.3 is 10.4 Å². The van der Waals surface area contributed by atoms with Crippen LogP contribution in [0, 0.1) is 11.6 Å². The standard InChI is InChI=1S/C16H11Cl2F2NO3/c17-10-2-1-3-11(18)9(10)7-14(16(23)24)21-15(22)8-4-5-12(19)13(20)6-8/h1-6,14H,7H2,(H,21,22)(H,23,24)/t14-/m1/s1. The smallest absolute Gasteiger partial charge is 0.326 e. The zero-order valence-corrected chi connectivity index (χ0v) is 13.5. The number of benzene rings is 2. The second-order valence-electron chi connectivity index (χ2n) is 4.90. The van der Waals surface area contributed by atoms with E-state index >= 15 is 0 Å². The monoisotopic (exact) mass is 373 g/mol. The molecule has 0 bridgehead atoms. The number of nitrogens with one attached hydrogen (secondary N) is 1. The van der Waals surface area contributed by atoms with Crippen molar-refractivity contribution in [3.05, 3.63) is 69.2 Å². The van der Waals surface area contributed by atoms with E-state index in [2.05, 4.69) is 5.32 Å². The highest BCUT2D eigenvalue weighted by Crippen LogP contribution is 2.25. The van der Waals surface area contributed by atoms with Crippen LogP contribution in [0.4, 0.5) is 8.78 Å². The summed E-state index contributed by atoms with van der Waals surface area (Å²) in [6, 6.07) is 5.86. The van der Waals surface area contributed by atoms with Crippen LogP contribution in [0.2, 0.25) is 10.0 Å². The Bertz CT molecular complexity index is 779. The summed E-state index contributed by atoms with van der Waals surface area (Å²) < 4.78 is 26.1. The van der Waals surface area contributed by atoms with Crippen molar-refractivity contribution in [2.45, 2.75) is 12.5 Å². The number of carbonyl (C=O) groups is 2. The first-order valence-corrected chi connectivity index (χ1v) is 7.46. The molecule has 0 fully saturated rings. The van der Waals surface area contributed by atoms with Crippen molar-refractivity contribution in [2.75, 3.05) is 0 Å². The zero-order chi connectivity index (χ0) is 17.9. The Morgan fingerprint density at radius 1 is 1.08 bits per heavy atom. The largest absolute Gasteiger partial charge is 0.480 e. The van der Waals surface area contributed by atoms with Gasteiger partial charge in [-0.2, -0.15) is 0 Å². The summed E-state index contributed by atoms with van der Waals surface area (Å²) in [4.78, 5) is 23.4. The fraction of sp³-hybridized carbons (Fsp3) is 0.125. The van der Waals surface area contributed by atoms with Crippen LogP contribution >= 0.6 is 23.2 Å². The van der Waals surface area contributed by atoms with Crippen LogP contribution in [0.15, 0.2) is 36.4 Å². The highest BCUT2D eigenvalue weighted by molar-refractivity contribution is 6.36. The van der Waals surface area contributed by atoms with Gasteiger partial charge in [0.05, 0.1) is 0 Å². The number of carboxylic acid groups (broad SMARTS) is 1. The average molecular weight is 374 g/mol. The van der Waals surface area contributed by atoms with Gasteiger partial charge in [-0.1, -0.05) is 29.3 Å². The number of rotatable bonds is 5. The maximum Gasteiger partial charge on any atom is 0.326 e. The predicted molar refractivity (Wildman–Crippen MR) is 85.4 cm³/mol. The lowest BCUT2D eigenvalue weighted by Crippen LogP contribution is -2.42. The molecule has 0 saturated carbocycles. The first-order valence-electron chi connectivity index (χ1n) is 6.71. The minimum Gasteiger partial charge on any atom is -0.480 e. The number of amides is 1. The molecular formula is C16H11Cl2F2NO3. The molecule has 1 atom stereocenters. The quantitative estimate of drug-likeness (QED) is 0.839. The van der Waals surface area contributed by atoms with Crippen LogP contribution in [-0.2, 0) is 11.2 Å². The number of halogens is 4. The second kappa shape index (κ2) is 7.59. The van der Waals surface area contributed by atoms with Gasteiger partial charge in [0, 0.05) is 22.0 Å². The van der Waals surface area contributed by atoms with Crippen LogP contribution in [0.5, 0.6) is 0 Å². The molecule has 0 saturated heterocycles. The molecule has 1 amide bonds. The molecule has 8 heteroatoms. The number of carboxylic acids is 1. The molecule has 0 aliphatic heterocycles. The molecule has 0 heterocycles. The van der Waals surface area contributed by atoms with Crippen molar-refractivity contribution in [1.29, 1.82) is 0 Å². The lowest BCUT2D eigenvalue weighted by Gasteiger charge is -2.16.